The van der Waals surface area contributed by atoms with Gasteiger partial charge in [0.05, 0.1) is 11.7 Å². The minimum Gasteiger partial charge on any atom is -0.406 e. The van der Waals surface area contributed by atoms with Crippen LogP contribution in [0.25, 0.3) is 0 Å². The first-order valence-electron chi connectivity index (χ1n) is 6.70. The Morgan fingerprint density at radius 3 is 2.90 bits per heavy atom. The van der Waals surface area contributed by atoms with Gasteiger partial charge in [0.2, 0.25) is 5.89 Å². The van der Waals surface area contributed by atoms with Gasteiger partial charge in [0, 0.05) is 4.47 Å². The summed E-state index contributed by atoms with van der Waals surface area (Å²) in [6.45, 7) is 7.09. The number of hydrogen-bond acceptors (Lipinski definition) is 5. The Labute approximate surface area is 127 Å². The Kier molecular flexibility index (Phi) is 5.14. The van der Waals surface area contributed by atoms with Crippen molar-refractivity contribution in [3.05, 3.63) is 34.1 Å². The molecule has 0 aliphatic heterocycles. The first kappa shape index (κ1) is 15.0. The summed E-state index contributed by atoms with van der Waals surface area (Å²) in [5.41, 5.74) is 2.06. The van der Waals surface area contributed by atoms with Gasteiger partial charge in [-0.3, -0.25) is 0 Å². The summed E-state index contributed by atoms with van der Waals surface area (Å²) >= 11 is 3.54. The number of nitrogens with one attached hydrogen (secondary N) is 2. The van der Waals surface area contributed by atoms with Crippen LogP contribution < -0.4 is 10.6 Å². The number of rotatable bonds is 6. The molecule has 2 rings (SSSR count). The maximum absolute atomic E-state index is 5.62. The molecule has 0 radical (unpaired) electrons. The van der Waals surface area contributed by atoms with Gasteiger partial charge in [0.25, 0.3) is 0 Å². The molecular formula is C14H19BrN4O. The van der Waals surface area contributed by atoms with E-state index in [0.717, 1.165) is 28.7 Å². The van der Waals surface area contributed by atoms with E-state index in [0.29, 0.717) is 11.9 Å². The molecule has 0 aliphatic rings. The van der Waals surface area contributed by atoms with Crippen LogP contribution in [0.4, 0.5) is 11.7 Å². The number of aryl methyl sites for hydroxylation is 1. The second-order valence-electron chi connectivity index (χ2n) is 4.68. The van der Waals surface area contributed by atoms with E-state index in [9.17, 15) is 0 Å². The quantitative estimate of drug-likeness (QED) is 0.834. The average Bonchev–Trinajstić information content (AvgIpc) is 2.90. The lowest BCUT2D eigenvalue weighted by Crippen LogP contribution is -2.19. The first-order valence-corrected chi connectivity index (χ1v) is 7.50. The van der Waals surface area contributed by atoms with Crippen molar-refractivity contribution < 1.29 is 4.42 Å². The van der Waals surface area contributed by atoms with Crippen LogP contribution >= 0.6 is 15.9 Å². The van der Waals surface area contributed by atoms with Crippen molar-refractivity contribution in [1.29, 1.82) is 0 Å². The van der Waals surface area contributed by atoms with Gasteiger partial charge in [-0.05, 0) is 54.4 Å². The van der Waals surface area contributed by atoms with Crippen molar-refractivity contribution in [2.45, 2.75) is 33.2 Å². The fourth-order valence-electron chi connectivity index (χ4n) is 1.77. The first-order chi connectivity index (χ1) is 9.61. The monoisotopic (exact) mass is 338 g/mol. The van der Waals surface area contributed by atoms with Gasteiger partial charge in [-0.1, -0.05) is 24.2 Å². The van der Waals surface area contributed by atoms with Gasteiger partial charge in [-0.15, -0.1) is 5.10 Å². The van der Waals surface area contributed by atoms with E-state index < -0.39 is 0 Å². The number of benzene rings is 1. The van der Waals surface area contributed by atoms with Gasteiger partial charge in [0.1, 0.15) is 0 Å². The molecule has 0 saturated heterocycles. The van der Waals surface area contributed by atoms with Gasteiger partial charge in [-0.25, -0.2) is 0 Å². The van der Waals surface area contributed by atoms with Crippen molar-refractivity contribution in [1.82, 2.24) is 15.5 Å². The summed E-state index contributed by atoms with van der Waals surface area (Å²) in [4.78, 5) is 0. The third kappa shape index (κ3) is 3.58. The Hall–Kier alpha value is -1.40. The minimum atomic E-state index is 0.0546. The molecule has 0 fully saturated rings. The Bertz CT molecular complexity index is 570. The third-order valence-electron chi connectivity index (χ3n) is 2.94. The van der Waals surface area contributed by atoms with Crippen LogP contribution in [-0.2, 0) is 0 Å². The lowest BCUT2D eigenvalue weighted by atomic mass is 10.2. The SMILES string of the molecule is CCCNC(C)c1nnc(Nc2cccc(C)c2Br)o1. The van der Waals surface area contributed by atoms with Gasteiger partial charge in [-0.2, -0.15) is 0 Å². The number of aromatic nitrogens is 2. The molecular weight excluding hydrogens is 320 g/mol. The van der Waals surface area contributed by atoms with E-state index in [-0.39, 0.29) is 6.04 Å². The molecule has 108 valence electrons. The largest absolute Gasteiger partial charge is 0.406 e. The Balaban J connectivity index is 2.07. The molecule has 20 heavy (non-hydrogen) atoms. The second-order valence-corrected chi connectivity index (χ2v) is 5.48. The van der Waals surface area contributed by atoms with Gasteiger partial charge < -0.3 is 15.1 Å². The molecule has 2 aromatic rings. The highest BCUT2D eigenvalue weighted by Crippen LogP contribution is 2.28. The van der Waals surface area contributed by atoms with Crippen LogP contribution in [0.3, 0.4) is 0 Å². The van der Waals surface area contributed by atoms with Gasteiger partial charge in [0.15, 0.2) is 0 Å². The van der Waals surface area contributed by atoms with Crippen LogP contribution in [-0.4, -0.2) is 16.7 Å². The van der Waals surface area contributed by atoms with Crippen molar-refractivity contribution in [3.63, 3.8) is 0 Å². The highest BCUT2D eigenvalue weighted by Gasteiger charge is 2.14. The molecule has 1 unspecified atom stereocenters. The Morgan fingerprint density at radius 2 is 2.15 bits per heavy atom. The molecule has 0 saturated carbocycles. The predicted molar refractivity (Wildman–Crippen MR) is 83.2 cm³/mol. The van der Waals surface area contributed by atoms with Crippen LogP contribution in [0.5, 0.6) is 0 Å². The molecule has 1 aromatic heterocycles. The summed E-state index contributed by atoms with van der Waals surface area (Å²) in [5.74, 6) is 0.588. The van der Waals surface area contributed by atoms with Crippen molar-refractivity contribution >= 4 is 27.6 Å². The number of halogens is 1. The average molecular weight is 339 g/mol. The van der Waals surface area contributed by atoms with E-state index in [4.69, 9.17) is 4.42 Å². The van der Waals surface area contributed by atoms with Crippen molar-refractivity contribution in [2.75, 3.05) is 11.9 Å². The van der Waals surface area contributed by atoms with E-state index >= 15 is 0 Å². The van der Waals surface area contributed by atoms with Crippen LogP contribution in [0.15, 0.2) is 27.1 Å². The number of anilines is 2. The topological polar surface area (TPSA) is 63.0 Å². The summed E-state index contributed by atoms with van der Waals surface area (Å²) in [5, 5.41) is 14.5. The van der Waals surface area contributed by atoms with E-state index in [1.807, 2.05) is 32.0 Å². The Morgan fingerprint density at radius 1 is 1.35 bits per heavy atom. The van der Waals surface area contributed by atoms with Crippen molar-refractivity contribution in [2.24, 2.45) is 0 Å². The smallest absolute Gasteiger partial charge is 0.320 e. The molecule has 1 aromatic carbocycles. The van der Waals surface area contributed by atoms with Crippen LogP contribution in [0, 0.1) is 6.92 Å². The van der Waals surface area contributed by atoms with Crippen molar-refractivity contribution in [3.8, 4) is 0 Å². The number of hydrogen-bond donors (Lipinski definition) is 2. The zero-order valence-electron chi connectivity index (χ0n) is 11.9. The number of nitrogens with zero attached hydrogens (tertiary/aromatic N) is 2. The molecule has 1 atom stereocenters. The molecule has 2 N–H and O–H groups in total. The summed E-state index contributed by atoms with van der Waals surface area (Å²) in [7, 11) is 0. The standard InChI is InChI=1S/C14H19BrN4O/c1-4-8-16-10(3)13-18-19-14(20-13)17-11-7-5-6-9(2)12(11)15/h5-7,10,16H,4,8H2,1-3H3,(H,17,19). The fraction of sp³-hybridized carbons (Fsp3) is 0.429. The molecule has 0 amide bonds. The van der Waals surface area contributed by atoms with E-state index in [2.05, 4.69) is 43.7 Å². The lowest BCUT2D eigenvalue weighted by molar-refractivity contribution is 0.424. The summed E-state index contributed by atoms with van der Waals surface area (Å²) in [6, 6.07) is 6.42. The zero-order chi connectivity index (χ0) is 14.5. The fourth-order valence-corrected chi connectivity index (χ4v) is 2.13. The molecule has 1 heterocycles. The van der Waals surface area contributed by atoms with E-state index in [1.165, 1.54) is 0 Å². The zero-order valence-corrected chi connectivity index (χ0v) is 13.5. The normalized spacial score (nSPS) is 12.4. The predicted octanol–water partition coefficient (Wildman–Crippen LogP) is 3.94. The third-order valence-corrected chi connectivity index (χ3v) is 4.00. The van der Waals surface area contributed by atoms with Crippen LogP contribution in [0.1, 0.15) is 37.8 Å². The molecule has 6 heteroatoms. The van der Waals surface area contributed by atoms with Crippen LogP contribution in [0.2, 0.25) is 0 Å². The van der Waals surface area contributed by atoms with E-state index in [1.54, 1.807) is 0 Å². The molecule has 0 aliphatic carbocycles. The molecule has 0 spiro atoms. The maximum Gasteiger partial charge on any atom is 0.320 e. The molecule has 0 bridgehead atoms. The maximum atomic E-state index is 5.62. The highest BCUT2D eigenvalue weighted by atomic mass is 79.9. The highest BCUT2D eigenvalue weighted by molar-refractivity contribution is 9.10. The summed E-state index contributed by atoms with van der Waals surface area (Å²) < 4.78 is 6.62. The lowest BCUT2D eigenvalue weighted by Gasteiger charge is -2.08. The summed E-state index contributed by atoms with van der Waals surface area (Å²) in [6.07, 6.45) is 1.07. The van der Waals surface area contributed by atoms with Gasteiger partial charge >= 0.3 is 6.01 Å². The molecule has 5 nitrogen and oxygen atoms in total. The second kappa shape index (κ2) is 6.85. The minimum absolute atomic E-state index is 0.0546.